The lowest BCUT2D eigenvalue weighted by molar-refractivity contribution is 0.626. The number of hydrogen-bond donors (Lipinski definition) is 0. The molecule has 0 nitrogen and oxygen atoms in total. The van der Waals surface area contributed by atoms with Crippen molar-refractivity contribution in [1.29, 1.82) is 0 Å². The summed E-state index contributed by atoms with van der Waals surface area (Å²) in [5, 5.41) is 0. The van der Waals surface area contributed by atoms with Crippen LogP contribution in [0.1, 0.15) is 19.4 Å². The second-order valence-corrected chi connectivity index (χ2v) is 1.80. The van der Waals surface area contributed by atoms with Crippen molar-refractivity contribution in [3.8, 4) is 0 Å². The minimum Gasteiger partial charge on any atom is -0.207 e. The number of benzene rings is 1. The molecule has 1 aromatic rings. The predicted molar refractivity (Wildman–Crippen MR) is 57.9 cm³/mol. The van der Waals surface area contributed by atoms with Gasteiger partial charge in [0.1, 0.15) is 5.82 Å². The van der Waals surface area contributed by atoms with E-state index in [0.29, 0.717) is 0 Å². The molecule has 64 valence electrons. The maximum atomic E-state index is 12.2. The minimum absolute atomic E-state index is 0. The maximum absolute atomic E-state index is 12.2. The molecule has 0 fully saturated rings. The number of rotatable bonds is 0. The number of hydrogen-bond acceptors (Lipinski definition) is 0. The fourth-order valence-electron chi connectivity index (χ4n) is 0.606. The van der Waals surface area contributed by atoms with Gasteiger partial charge in [-0.15, -0.1) is 24.0 Å². The molecule has 0 bridgehead atoms. The van der Waals surface area contributed by atoms with Crippen molar-refractivity contribution < 1.29 is 4.39 Å². The topological polar surface area (TPSA) is 0 Å². The average Bonchev–Trinajstić information content (AvgIpc) is 1.91. The van der Waals surface area contributed by atoms with Gasteiger partial charge < -0.3 is 0 Å². The average molecular weight is 268 g/mol. The molecule has 0 spiro atoms. The van der Waals surface area contributed by atoms with Gasteiger partial charge in [0, 0.05) is 0 Å². The molecular weight excluding hydrogens is 254 g/mol. The van der Waals surface area contributed by atoms with Gasteiger partial charge in [-0.25, -0.2) is 4.39 Å². The first kappa shape index (κ1) is 13.5. The third kappa shape index (κ3) is 6.28. The molecule has 0 radical (unpaired) electrons. The van der Waals surface area contributed by atoms with Crippen LogP contribution in [0.4, 0.5) is 4.39 Å². The zero-order chi connectivity index (χ0) is 7.98. The Bertz CT molecular complexity index is 169. The molecule has 1 rings (SSSR count). The van der Waals surface area contributed by atoms with Crippen LogP contribution in [-0.4, -0.2) is 0 Å². The Hall–Kier alpha value is -0.120. The Morgan fingerprint density at radius 3 is 2.00 bits per heavy atom. The third-order valence-corrected chi connectivity index (χ3v) is 0.980. The molecule has 0 aliphatic rings. The van der Waals surface area contributed by atoms with Crippen LogP contribution in [0.5, 0.6) is 0 Å². The molecule has 0 atom stereocenters. The lowest BCUT2D eigenvalue weighted by Crippen LogP contribution is -1.72. The van der Waals surface area contributed by atoms with E-state index in [-0.39, 0.29) is 29.8 Å². The summed E-state index contributed by atoms with van der Waals surface area (Å²) in [6.07, 6.45) is 0. The van der Waals surface area contributed by atoms with E-state index in [0.717, 1.165) is 5.56 Å². The van der Waals surface area contributed by atoms with E-state index in [4.69, 9.17) is 0 Å². The summed E-state index contributed by atoms with van der Waals surface area (Å²) < 4.78 is 12.2. The van der Waals surface area contributed by atoms with Gasteiger partial charge in [-0.2, -0.15) is 0 Å². The first-order valence-electron chi connectivity index (χ1n) is 3.51. The number of halogens is 2. The van der Waals surface area contributed by atoms with Crippen molar-refractivity contribution >= 4 is 24.0 Å². The largest absolute Gasteiger partial charge is 0.207 e. The van der Waals surface area contributed by atoms with Crippen LogP contribution >= 0.6 is 24.0 Å². The fourth-order valence-corrected chi connectivity index (χ4v) is 0.606. The molecule has 0 aliphatic carbocycles. The molecule has 0 heterocycles. The normalized spacial score (nSPS) is 7.27. The molecule has 0 amide bonds. The van der Waals surface area contributed by atoms with E-state index in [1.165, 1.54) is 12.1 Å². The Morgan fingerprint density at radius 1 is 1.18 bits per heavy atom. The van der Waals surface area contributed by atoms with Crippen LogP contribution in [0, 0.1) is 12.7 Å². The zero-order valence-corrected chi connectivity index (χ0v) is 9.43. The van der Waals surface area contributed by atoms with Crippen molar-refractivity contribution in [2.45, 2.75) is 20.8 Å². The summed E-state index contributed by atoms with van der Waals surface area (Å²) in [7, 11) is 0. The molecule has 1 aromatic carbocycles. The van der Waals surface area contributed by atoms with Crippen molar-refractivity contribution in [3.05, 3.63) is 35.6 Å². The van der Waals surface area contributed by atoms with E-state index in [2.05, 4.69) is 0 Å². The molecule has 0 saturated carbocycles. The zero-order valence-electron chi connectivity index (χ0n) is 7.10. The van der Waals surface area contributed by atoms with Crippen molar-refractivity contribution in [3.63, 3.8) is 0 Å². The first-order chi connectivity index (χ1) is 4.79. The molecule has 0 N–H and O–H groups in total. The van der Waals surface area contributed by atoms with E-state index in [1.54, 1.807) is 6.07 Å². The van der Waals surface area contributed by atoms with Crippen LogP contribution in [0.15, 0.2) is 24.3 Å². The standard InChI is InChI=1S/C7H7F.C2H6.HI/c1-6-3-2-4-7(8)5-6;1-2;/h2-5H,1H3;1-2H3;1H. The summed E-state index contributed by atoms with van der Waals surface area (Å²) >= 11 is 0. The fraction of sp³-hybridized carbons (Fsp3) is 0.333. The molecule has 0 saturated heterocycles. The smallest absolute Gasteiger partial charge is 0.123 e. The lowest BCUT2D eigenvalue weighted by atomic mass is 10.2. The van der Waals surface area contributed by atoms with Gasteiger partial charge in [-0.3, -0.25) is 0 Å². The van der Waals surface area contributed by atoms with Crippen molar-refractivity contribution in [1.82, 2.24) is 0 Å². The molecular formula is C9H14FI. The summed E-state index contributed by atoms with van der Waals surface area (Å²) in [6.45, 7) is 5.86. The van der Waals surface area contributed by atoms with Gasteiger partial charge in [0.2, 0.25) is 0 Å². The summed E-state index contributed by atoms with van der Waals surface area (Å²) in [5.41, 5.74) is 0.963. The Balaban J connectivity index is 0. The summed E-state index contributed by atoms with van der Waals surface area (Å²) in [4.78, 5) is 0. The van der Waals surface area contributed by atoms with E-state index < -0.39 is 0 Å². The van der Waals surface area contributed by atoms with E-state index in [9.17, 15) is 4.39 Å². The molecule has 11 heavy (non-hydrogen) atoms. The van der Waals surface area contributed by atoms with Crippen LogP contribution < -0.4 is 0 Å². The second-order valence-electron chi connectivity index (χ2n) is 1.80. The van der Waals surface area contributed by atoms with Gasteiger partial charge in [0.05, 0.1) is 0 Å². The van der Waals surface area contributed by atoms with Crippen LogP contribution in [-0.2, 0) is 0 Å². The highest BCUT2D eigenvalue weighted by Crippen LogP contribution is 1.99. The first-order valence-corrected chi connectivity index (χ1v) is 3.51. The van der Waals surface area contributed by atoms with Crippen LogP contribution in [0.25, 0.3) is 0 Å². The van der Waals surface area contributed by atoms with Crippen LogP contribution in [0.2, 0.25) is 0 Å². The monoisotopic (exact) mass is 268 g/mol. The van der Waals surface area contributed by atoms with Gasteiger partial charge in [0.15, 0.2) is 0 Å². The maximum Gasteiger partial charge on any atom is 0.123 e. The number of aryl methyl sites for hydroxylation is 1. The van der Waals surface area contributed by atoms with Crippen molar-refractivity contribution in [2.24, 2.45) is 0 Å². The van der Waals surface area contributed by atoms with E-state index >= 15 is 0 Å². The summed E-state index contributed by atoms with van der Waals surface area (Å²) in [6, 6.07) is 6.50. The predicted octanol–water partition coefficient (Wildman–Crippen LogP) is 3.78. The highest BCUT2D eigenvalue weighted by molar-refractivity contribution is 14.0. The molecule has 2 heteroatoms. The lowest BCUT2D eigenvalue weighted by Gasteiger charge is -1.87. The van der Waals surface area contributed by atoms with Crippen molar-refractivity contribution in [2.75, 3.05) is 0 Å². The third-order valence-electron chi connectivity index (χ3n) is 0.980. The highest BCUT2D eigenvalue weighted by Gasteiger charge is 1.84. The quantitative estimate of drug-likeness (QED) is 0.628. The molecule has 0 unspecified atom stereocenters. The minimum atomic E-state index is -0.162. The van der Waals surface area contributed by atoms with Gasteiger partial charge in [0.25, 0.3) is 0 Å². The Morgan fingerprint density at radius 2 is 1.73 bits per heavy atom. The molecule has 0 aromatic heterocycles. The Labute approximate surface area is 84.8 Å². The second kappa shape index (κ2) is 7.98. The van der Waals surface area contributed by atoms with Gasteiger partial charge >= 0.3 is 0 Å². The van der Waals surface area contributed by atoms with Gasteiger partial charge in [-0.1, -0.05) is 26.0 Å². The van der Waals surface area contributed by atoms with E-state index in [1.807, 2.05) is 26.8 Å². The Kier molecular flexibility index (Phi) is 9.77. The highest BCUT2D eigenvalue weighted by atomic mass is 127. The SMILES string of the molecule is CC.Cc1cccc(F)c1.I. The van der Waals surface area contributed by atoms with Crippen LogP contribution in [0.3, 0.4) is 0 Å². The molecule has 0 aliphatic heterocycles. The summed E-state index contributed by atoms with van der Waals surface area (Å²) in [5.74, 6) is -0.162. The van der Waals surface area contributed by atoms with Gasteiger partial charge in [-0.05, 0) is 24.6 Å².